The molecule has 0 aliphatic heterocycles. The molecule has 0 fully saturated rings. The van der Waals surface area contributed by atoms with E-state index in [0.717, 1.165) is 15.5 Å². The maximum Gasteiger partial charge on any atom is 0.241 e. The molecule has 0 aliphatic carbocycles. The van der Waals surface area contributed by atoms with E-state index in [4.69, 9.17) is 0 Å². The van der Waals surface area contributed by atoms with Gasteiger partial charge in [0.05, 0.1) is 4.90 Å². The van der Waals surface area contributed by atoms with E-state index in [0.29, 0.717) is 29.9 Å². The molecule has 1 aromatic rings. The highest BCUT2D eigenvalue weighted by molar-refractivity contribution is 7.98. The van der Waals surface area contributed by atoms with Gasteiger partial charge in [-0.05, 0) is 30.9 Å². The summed E-state index contributed by atoms with van der Waals surface area (Å²) in [5, 5.41) is 3.31. The first-order chi connectivity index (χ1) is 9.76. The van der Waals surface area contributed by atoms with E-state index in [1.165, 1.54) is 0 Å². The third-order valence-corrected chi connectivity index (χ3v) is 6.60. The first-order valence-corrected chi connectivity index (χ1v) is 10.8. The number of thioether (sulfide) groups is 1. The first-order valence-electron chi connectivity index (χ1n) is 7.07. The summed E-state index contributed by atoms with van der Waals surface area (Å²) in [6.07, 6.45) is 2.03. The molecule has 0 aromatic carbocycles. The number of nitrogens with one attached hydrogen (secondary N) is 2. The van der Waals surface area contributed by atoms with Crippen molar-refractivity contribution in [1.82, 2.24) is 10.0 Å². The van der Waals surface area contributed by atoms with Crippen LogP contribution in [0.5, 0.6) is 0 Å². The zero-order valence-corrected chi connectivity index (χ0v) is 15.8. The molecule has 7 heteroatoms. The molecule has 1 atom stereocenters. The largest absolute Gasteiger partial charge is 0.310 e. The van der Waals surface area contributed by atoms with Crippen LogP contribution < -0.4 is 10.0 Å². The smallest absolute Gasteiger partial charge is 0.241 e. The molecule has 0 bridgehead atoms. The van der Waals surface area contributed by atoms with Gasteiger partial charge in [0.1, 0.15) is 0 Å². The quantitative estimate of drug-likeness (QED) is 0.719. The van der Waals surface area contributed by atoms with Crippen LogP contribution in [0.1, 0.15) is 30.5 Å². The maximum atomic E-state index is 12.4. The maximum absolute atomic E-state index is 12.4. The van der Waals surface area contributed by atoms with Crippen molar-refractivity contribution >= 4 is 33.1 Å². The molecule has 122 valence electrons. The fraction of sp³-hybridized carbons (Fsp3) is 0.714. The van der Waals surface area contributed by atoms with Crippen LogP contribution in [-0.2, 0) is 16.6 Å². The number of hydrogen-bond acceptors (Lipinski definition) is 5. The van der Waals surface area contributed by atoms with Crippen LogP contribution >= 0.6 is 23.1 Å². The fourth-order valence-electron chi connectivity index (χ4n) is 1.86. The summed E-state index contributed by atoms with van der Waals surface area (Å²) >= 11 is 3.27. The molecular weight excluding hydrogens is 324 g/mol. The number of sulfonamides is 1. The highest BCUT2D eigenvalue weighted by Gasteiger charge is 2.20. The molecule has 1 aromatic heterocycles. The number of rotatable bonds is 9. The Hall–Kier alpha value is -0.0800. The fourth-order valence-corrected chi connectivity index (χ4v) is 5.29. The average Bonchev–Trinajstić information content (AvgIpc) is 2.77. The second-order valence-electron chi connectivity index (χ2n) is 5.58. The van der Waals surface area contributed by atoms with E-state index in [1.54, 1.807) is 29.2 Å². The van der Waals surface area contributed by atoms with Crippen LogP contribution in [0.15, 0.2) is 11.0 Å². The minimum atomic E-state index is -3.40. The summed E-state index contributed by atoms with van der Waals surface area (Å²) in [6.45, 7) is 9.26. The summed E-state index contributed by atoms with van der Waals surface area (Å²) < 4.78 is 27.5. The van der Waals surface area contributed by atoms with Crippen molar-refractivity contribution in [1.29, 1.82) is 0 Å². The summed E-state index contributed by atoms with van der Waals surface area (Å²) in [5.41, 5.74) is 0. The second kappa shape index (κ2) is 8.53. The minimum absolute atomic E-state index is 0.329. The normalized spacial score (nSPS) is 13.8. The Labute approximate surface area is 137 Å². The lowest BCUT2D eigenvalue weighted by Crippen LogP contribution is -2.29. The molecule has 4 nitrogen and oxygen atoms in total. The van der Waals surface area contributed by atoms with Gasteiger partial charge in [0, 0.05) is 28.9 Å². The van der Waals surface area contributed by atoms with Gasteiger partial charge in [0.15, 0.2) is 0 Å². The van der Waals surface area contributed by atoms with Crippen LogP contribution in [-0.4, -0.2) is 33.0 Å². The van der Waals surface area contributed by atoms with E-state index >= 15 is 0 Å². The topological polar surface area (TPSA) is 58.2 Å². The second-order valence-corrected chi connectivity index (χ2v) is 9.57. The molecule has 0 amide bonds. The highest BCUT2D eigenvalue weighted by Crippen LogP contribution is 2.25. The summed E-state index contributed by atoms with van der Waals surface area (Å²) in [6, 6.07) is 2.18. The minimum Gasteiger partial charge on any atom is -0.310 e. The summed E-state index contributed by atoms with van der Waals surface area (Å²) in [4.78, 5) is 2.32. The Morgan fingerprint density at radius 1 is 1.33 bits per heavy atom. The highest BCUT2D eigenvalue weighted by atomic mass is 32.2. The lowest BCUT2D eigenvalue weighted by molar-refractivity contribution is 0.562. The third-order valence-electron chi connectivity index (χ3n) is 2.97. The van der Waals surface area contributed by atoms with Gasteiger partial charge in [-0.2, -0.15) is 11.8 Å². The van der Waals surface area contributed by atoms with Gasteiger partial charge < -0.3 is 5.32 Å². The van der Waals surface area contributed by atoms with E-state index in [2.05, 4.69) is 30.8 Å². The van der Waals surface area contributed by atoms with E-state index in [-0.39, 0.29) is 0 Å². The van der Waals surface area contributed by atoms with E-state index in [1.807, 2.05) is 13.2 Å². The SMILES string of the molecule is CSCC(C)CNS(=O)(=O)c1cc(CNC(C)C)sc1C. The molecule has 0 spiro atoms. The van der Waals surface area contributed by atoms with Crippen molar-refractivity contribution in [2.45, 2.75) is 45.2 Å². The van der Waals surface area contributed by atoms with Gasteiger partial charge in [0.25, 0.3) is 0 Å². The Morgan fingerprint density at radius 2 is 2.00 bits per heavy atom. The van der Waals surface area contributed by atoms with Crippen molar-refractivity contribution in [3.63, 3.8) is 0 Å². The monoisotopic (exact) mass is 350 g/mol. The van der Waals surface area contributed by atoms with Gasteiger partial charge in [-0.25, -0.2) is 13.1 Å². The van der Waals surface area contributed by atoms with Crippen LogP contribution in [0.4, 0.5) is 0 Å². The lowest BCUT2D eigenvalue weighted by Gasteiger charge is -2.11. The molecule has 1 heterocycles. The Morgan fingerprint density at radius 3 is 2.57 bits per heavy atom. The van der Waals surface area contributed by atoms with Gasteiger partial charge >= 0.3 is 0 Å². The van der Waals surface area contributed by atoms with Crippen LogP contribution in [0.25, 0.3) is 0 Å². The Kier molecular flexibility index (Phi) is 7.70. The standard InChI is InChI=1S/C14H26N2O2S3/c1-10(2)15-8-13-6-14(12(4)20-13)21(17,18)16-7-11(3)9-19-5/h6,10-11,15-16H,7-9H2,1-5H3. The molecule has 21 heavy (non-hydrogen) atoms. The van der Waals surface area contributed by atoms with Crippen LogP contribution in [0.2, 0.25) is 0 Å². The number of hydrogen-bond donors (Lipinski definition) is 2. The van der Waals surface area contributed by atoms with Crippen molar-refractivity contribution in [3.05, 3.63) is 15.8 Å². The van der Waals surface area contributed by atoms with Crippen molar-refractivity contribution in [2.75, 3.05) is 18.6 Å². The van der Waals surface area contributed by atoms with Crippen molar-refractivity contribution < 1.29 is 8.42 Å². The number of thiophene rings is 1. The van der Waals surface area contributed by atoms with Gasteiger partial charge in [-0.1, -0.05) is 20.8 Å². The Balaban J connectivity index is 2.74. The molecule has 2 N–H and O–H groups in total. The van der Waals surface area contributed by atoms with Gasteiger partial charge in [-0.15, -0.1) is 11.3 Å². The summed E-state index contributed by atoms with van der Waals surface area (Å²) in [7, 11) is -3.40. The van der Waals surface area contributed by atoms with Gasteiger partial charge in [-0.3, -0.25) is 0 Å². The molecule has 1 unspecified atom stereocenters. The predicted octanol–water partition coefficient (Wildman–Crippen LogP) is 2.83. The van der Waals surface area contributed by atoms with E-state index < -0.39 is 10.0 Å². The van der Waals surface area contributed by atoms with Crippen molar-refractivity contribution in [3.8, 4) is 0 Å². The van der Waals surface area contributed by atoms with Crippen LogP contribution in [0.3, 0.4) is 0 Å². The van der Waals surface area contributed by atoms with Crippen LogP contribution in [0, 0.1) is 12.8 Å². The molecular formula is C14H26N2O2S3. The van der Waals surface area contributed by atoms with Crippen molar-refractivity contribution in [2.24, 2.45) is 5.92 Å². The molecule has 1 rings (SSSR count). The zero-order chi connectivity index (χ0) is 16.0. The third kappa shape index (κ3) is 6.28. The number of aryl methyl sites for hydroxylation is 1. The van der Waals surface area contributed by atoms with Gasteiger partial charge in [0.2, 0.25) is 10.0 Å². The molecule has 0 saturated carbocycles. The lowest BCUT2D eigenvalue weighted by atomic mass is 10.2. The average molecular weight is 351 g/mol. The predicted molar refractivity (Wildman–Crippen MR) is 93.8 cm³/mol. The first kappa shape index (κ1) is 19.0. The zero-order valence-electron chi connectivity index (χ0n) is 13.4. The van der Waals surface area contributed by atoms with E-state index in [9.17, 15) is 8.42 Å². The molecule has 0 saturated heterocycles. The Bertz CT molecular complexity index is 538. The molecule has 0 aliphatic rings. The molecule has 0 radical (unpaired) electrons. The summed E-state index contributed by atoms with van der Waals surface area (Å²) in [5.74, 6) is 1.28.